The zero-order valence-corrected chi connectivity index (χ0v) is 19.3. The van der Waals surface area contributed by atoms with Crippen molar-refractivity contribution in [1.82, 2.24) is 5.32 Å². The molecule has 0 aliphatic carbocycles. The third-order valence-corrected chi connectivity index (χ3v) is 8.89. The number of carbonyl (C=O) groups excluding carboxylic acids is 2. The Kier molecular flexibility index (Phi) is 8.97. The van der Waals surface area contributed by atoms with E-state index in [1.807, 2.05) is 6.92 Å². The van der Waals surface area contributed by atoms with E-state index >= 15 is 0 Å². The molecule has 0 radical (unpaired) electrons. The highest BCUT2D eigenvalue weighted by atomic mass is 28.4. The first-order valence-corrected chi connectivity index (χ1v) is 12.1. The van der Waals surface area contributed by atoms with Crippen molar-refractivity contribution < 1.29 is 31.9 Å². The molecule has 164 valence electrons. The summed E-state index contributed by atoms with van der Waals surface area (Å²) in [5.74, 6) is -3.10. The molecule has 0 heterocycles. The molecule has 0 aliphatic rings. The second-order valence-corrected chi connectivity index (χ2v) is 14.1. The second-order valence-electron chi connectivity index (χ2n) is 9.30. The fourth-order valence-electron chi connectivity index (χ4n) is 1.91. The number of hydrogen-bond donors (Lipinski definition) is 1. The summed E-state index contributed by atoms with van der Waals surface area (Å²) >= 11 is 0. The predicted octanol–water partition coefficient (Wildman–Crippen LogP) is 4.73. The summed E-state index contributed by atoms with van der Waals surface area (Å²) in [5, 5.41) is 1.71. The fourth-order valence-corrected chi connectivity index (χ4v) is 3.28. The van der Waals surface area contributed by atoms with Crippen LogP contribution in [0.15, 0.2) is 12.2 Å². The summed E-state index contributed by atoms with van der Waals surface area (Å²) in [6.07, 6.45) is -2.29. The molecule has 0 spiro atoms. The van der Waals surface area contributed by atoms with E-state index < -0.39 is 38.0 Å². The average molecular weight is 426 g/mol. The minimum Gasteiger partial charge on any atom is -0.458 e. The highest BCUT2D eigenvalue weighted by Gasteiger charge is 2.41. The minimum absolute atomic E-state index is 0.00876. The van der Waals surface area contributed by atoms with Gasteiger partial charge in [-0.2, -0.15) is 13.2 Å². The molecule has 5 nitrogen and oxygen atoms in total. The standard InChI is InChI=1S/C19H34F3NO4Si/c1-13(27-28(8,9)18(5,6)7)11-10-12-14(15(24)26-17(2,3)4)23-16(25)19(20,21)22/h10-11,13-14H,12H2,1-9H3,(H,23,25)/b11-10+/t13-,14-/m0/s1. The number of amides is 1. The van der Waals surface area contributed by atoms with Gasteiger partial charge in [-0.3, -0.25) is 4.79 Å². The SMILES string of the molecule is C[C@@H](/C=C/C[C@H](NC(=O)C(F)(F)F)C(=O)OC(C)(C)C)O[Si](C)(C)C(C)(C)C. The molecule has 0 saturated heterocycles. The number of halogens is 3. The van der Waals surface area contributed by atoms with Gasteiger partial charge in [-0.15, -0.1) is 0 Å². The number of esters is 1. The van der Waals surface area contributed by atoms with Crippen molar-refractivity contribution in [2.45, 2.75) is 96.9 Å². The van der Waals surface area contributed by atoms with Gasteiger partial charge in [0.2, 0.25) is 0 Å². The van der Waals surface area contributed by atoms with Crippen molar-refractivity contribution in [3.63, 3.8) is 0 Å². The summed E-state index contributed by atoms with van der Waals surface area (Å²) < 4.78 is 48.9. The van der Waals surface area contributed by atoms with Crippen LogP contribution >= 0.6 is 0 Å². The monoisotopic (exact) mass is 425 g/mol. The molecule has 0 rings (SSSR count). The summed E-state index contributed by atoms with van der Waals surface area (Å²) in [4.78, 5) is 23.4. The molecule has 28 heavy (non-hydrogen) atoms. The number of rotatable bonds is 7. The lowest BCUT2D eigenvalue weighted by atomic mass is 10.1. The number of nitrogens with one attached hydrogen (secondary N) is 1. The van der Waals surface area contributed by atoms with Gasteiger partial charge in [0, 0.05) is 0 Å². The number of alkyl halides is 3. The Morgan fingerprint density at radius 3 is 1.96 bits per heavy atom. The lowest BCUT2D eigenvalue weighted by molar-refractivity contribution is -0.177. The Morgan fingerprint density at radius 2 is 1.57 bits per heavy atom. The Bertz CT molecular complexity index is 575. The average Bonchev–Trinajstić information content (AvgIpc) is 2.41. The van der Waals surface area contributed by atoms with Gasteiger partial charge in [0.15, 0.2) is 8.32 Å². The summed E-state index contributed by atoms with van der Waals surface area (Å²) in [6.45, 7) is 17.1. The highest BCUT2D eigenvalue weighted by Crippen LogP contribution is 2.37. The molecule has 0 saturated carbocycles. The van der Waals surface area contributed by atoms with Crippen molar-refractivity contribution in [3.05, 3.63) is 12.2 Å². The maximum Gasteiger partial charge on any atom is 0.471 e. The third-order valence-electron chi connectivity index (χ3n) is 4.32. The topological polar surface area (TPSA) is 64.6 Å². The smallest absolute Gasteiger partial charge is 0.458 e. The van der Waals surface area contributed by atoms with Gasteiger partial charge >= 0.3 is 18.1 Å². The molecule has 1 amide bonds. The first-order valence-electron chi connectivity index (χ1n) is 9.21. The Balaban J connectivity index is 5.16. The predicted molar refractivity (Wildman–Crippen MR) is 105 cm³/mol. The quantitative estimate of drug-likeness (QED) is 0.364. The van der Waals surface area contributed by atoms with Gasteiger partial charge in [0.1, 0.15) is 11.6 Å². The molecular weight excluding hydrogens is 391 g/mol. The van der Waals surface area contributed by atoms with Crippen molar-refractivity contribution in [2.75, 3.05) is 0 Å². The molecule has 1 N–H and O–H groups in total. The highest BCUT2D eigenvalue weighted by molar-refractivity contribution is 6.74. The number of carbonyl (C=O) groups is 2. The van der Waals surface area contributed by atoms with Crippen molar-refractivity contribution in [3.8, 4) is 0 Å². The zero-order valence-electron chi connectivity index (χ0n) is 18.3. The van der Waals surface area contributed by atoms with Crippen LogP contribution in [0, 0.1) is 0 Å². The Labute approximate surface area is 167 Å². The van der Waals surface area contributed by atoms with E-state index in [9.17, 15) is 22.8 Å². The first-order chi connectivity index (χ1) is 12.3. The molecule has 0 aromatic carbocycles. The second kappa shape index (κ2) is 9.43. The van der Waals surface area contributed by atoms with Crippen LogP contribution in [0.3, 0.4) is 0 Å². The molecule has 9 heteroatoms. The number of hydrogen-bond acceptors (Lipinski definition) is 4. The molecule has 0 aromatic heterocycles. The van der Waals surface area contributed by atoms with Crippen LogP contribution in [0.5, 0.6) is 0 Å². The molecule has 0 bridgehead atoms. The third kappa shape index (κ3) is 9.72. The normalized spacial score (nSPS) is 16.0. The lowest BCUT2D eigenvalue weighted by Crippen LogP contribution is -2.48. The molecule has 0 fully saturated rings. The van der Waals surface area contributed by atoms with Crippen molar-refractivity contribution in [2.24, 2.45) is 0 Å². The van der Waals surface area contributed by atoms with Crippen LogP contribution in [0.25, 0.3) is 0 Å². The summed E-state index contributed by atoms with van der Waals surface area (Å²) in [5.41, 5.74) is -0.888. The van der Waals surface area contributed by atoms with E-state index in [0.29, 0.717) is 0 Å². The maximum atomic E-state index is 12.6. The van der Waals surface area contributed by atoms with Crippen LogP contribution in [0.4, 0.5) is 13.2 Å². The van der Waals surface area contributed by atoms with Crippen LogP contribution in [0.1, 0.15) is 54.9 Å². The largest absolute Gasteiger partial charge is 0.471 e. The maximum absolute atomic E-state index is 12.6. The minimum atomic E-state index is -5.08. The molecule has 2 atom stereocenters. The van der Waals surface area contributed by atoms with Crippen LogP contribution in [-0.2, 0) is 18.8 Å². The first kappa shape index (κ1) is 26.6. The van der Waals surface area contributed by atoms with E-state index in [2.05, 4.69) is 33.9 Å². The lowest BCUT2D eigenvalue weighted by Gasteiger charge is -2.37. The Hall–Kier alpha value is -1.35. The summed E-state index contributed by atoms with van der Waals surface area (Å²) in [7, 11) is -2.01. The van der Waals surface area contributed by atoms with E-state index in [1.54, 1.807) is 32.2 Å². The van der Waals surface area contributed by atoms with Gasteiger partial charge in [-0.1, -0.05) is 32.9 Å². The van der Waals surface area contributed by atoms with Crippen LogP contribution in [0.2, 0.25) is 18.1 Å². The van der Waals surface area contributed by atoms with Gasteiger partial charge in [-0.05, 0) is 52.2 Å². The Morgan fingerprint density at radius 1 is 1.07 bits per heavy atom. The zero-order chi connectivity index (χ0) is 22.6. The van der Waals surface area contributed by atoms with E-state index in [-0.39, 0.29) is 17.6 Å². The number of ether oxygens (including phenoxy) is 1. The molecule has 0 aromatic rings. The summed E-state index contributed by atoms with van der Waals surface area (Å²) in [6, 6.07) is -1.44. The van der Waals surface area contributed by atoms with Gasteiger partial charge < -0.3 is 14.5 Å². The van der Waals surface area contributed by atoms with Crippen molar-refractivity contribution >= 4 is 20.2 Å². The van der Waals surface area contributed by atoms with Gasteiger partial charge in [0.25, 0.3) is 0 Å². The van der Waals surface area contributed by atoms with E-state index in [1.165, 1.54) is 6.08 Å². The van der Waals surface area contributed by atoms with E-state index in [4.69, 9.17) is 9.16 Å². The molecular formula is C19H34F3NO4Si. The van der Waals surface area contributed by atoms with E-state index in [0.717, 1.165) is 0 Å². The van der Waals surface area contributed by atoms with Crippen LogP contribution in [-0.4, -0.2) is 44.1 Å². The van der Waals surface area contributed by atoms with Gasteiger partial charge in [-0.25, -0.2) is 4.79 Å². The molecule has 0 unspecified atom stereocenters. The van der Waals surface area contributed by atoms with Crippen molar-refractivity contribution in [1.29, 1.82) is 0 Å². The van der Waals surface area contributed by atoms with Crippen LogP contribution < -0.4 is 5.32 Å². The fraction of sp³-hybridized carbons (Fsp3) is 0.789. The van der Waals surface area contributed by atoms with Gasteiger partial charge in [0.05, 0.1) is 6.10 Å². The molecule has 0 aliphatic heterocycles.